The topological polar surface area (TPSA) is 55.1 Å². The van der Waals surface area contributed by atoms with Crippen molar-refractivity contribution in [2.24, 2.45) is 0 Å². The van der Waals surface area contributed by atoms with Crippen LogP contribution in [0.4, 0.5) is 5.69 Å². The number of hydrogen-bond acceptors (Lipinski definition) is 3. The summed E-state index contributed by atoms with van der Waals surface area (Å²) in [6.45, 7) is 1.74. The molecule has 2 rings (SSSR count). The molecule has 0 saturated carbocycles. The molecule has 0 saturated heterocycles. The Morgan fingerprint density at radius 2 is 2.12 bits per heavy atom. The number of amides is 1. The lowest BCUT2D eigenvalue weighted by molar-refractivity contribution is 0.101. The Hall–Kier alpha value is -1.81. The van der Waals surface area contributed by atoms with Crippen LogP contribution in [0.2, 0.25) is 0 Å². The van der Waals surface area contributed by atoms with Gasteiger partial charge in [-0.05, 0) is 24.6 Å². The van der Waals surface area contributed by atoms with E-state index in [4.69, 9.17) is 16.1 Å². The quantitative estimate of drug-likeness (QED) is 0.852. The van der Waals surface area contributed by atoms with Gasteiger partial charge in [0.05, 0.1) is 0 Å². The van der Waals surface area contributed by atoms with E-state index in [1.165, 1.54) is 0 Å². The molecular formula is C12H11ClN2O2. The largest absolute Gasteiger partial charge is 0.361 e. The molecule has 1 aromatic heterocycles. The molecule has 0 radical (unpaired) electrons. The molecule has 0 spiro atoms. The second-order valence-corrected chi connectivity index (χ2v) is 3.87. The van der Waals surface area contributed by atoms with Crippen LogP contribution in [0.3, 0.4) is 0 Å². The number of halogens is 1. The summed E-state index contributed by atoms with van der Waals surface area (Å²) in [6, 6.07) is 8.89. The van der Waals surface area contributed by atoms with Crippen molar-refractivity contribution in [1.82, 2.24) is 5.16 Å². The summed E-state index contributed by atoms with van der Waals surface area (Å²) in [5.74, 6) is 0.768. The van der Waals surface area contributed by atoms with E-state index in [0.29, 0.717) is 17.3 Å². The zero-order chi connectivity index (χ0) is 12.3. The molecule has 4 nitrogen and oxygen atoms in total. The minimum atomic E-state index is -0.291. The number of nitrogens with one attached hydrogen (secondary N) is 1. The van der Waals surface area contributed by atoms with Gasteiger partial charge in [0, 0.05) is 17.6 Å². The van der Waals surface area contributed by atoms with Crippen molar-refractivity contribution in [2.45, 2.75) is 12.8 Å². The first-order valence-electron chi connectivity index (χ1n) is 5.08. The smallest absolute Gasteiger partial charge is 0.277 e. The van der Waals surface area contributed by atoms with Crippen molar-refractivity contribution in [1.29, 1.82) is 0 Å². The molecule has 0 bridgehead atoms. The predicted octanol–water partition coefficient (Wildman–Crippen LogP) is 2.97. The van der Waals surface area contributed by atoms with Gasteiger partial charge in [0.15, 0.2) is 5.69 Å². The first kappa shape index (κ1) is 11.7. The number of carbonyl (C=O) groups excluding carboxylic acids is 1. The Bertz CT molecular complexity index is 520. The average Bonchev–Trinajstić information content (AvgIpc) is 2.77. The van der Waals surface area contributed by atoms with Crippen LogP contribution in [0.15, 0.2) is 34.9 Å². The monoisotopic (exact) mass is 250 g/mol. The molecule has 0 unspecified atom stereocenters. The van der Waals surface area contributed by atoms with E-state index in [0.717, 1.165) is 5.56 Å². The molecule has 0 aliphatic heterocycles. The van der Waals surface area contributed by atoms with Gasteiger partial charge in [-0.1, -0.05) is 17.3 Å². The number of aromatic nitrogens is 1. The number of nitrogens with zero attached hydrogens (tertiary/aromatic N) is 1. The van der Waals surface area contributed by atoms with Crippen molar-refractivity contribution >= 4 is 23.2 Å². The van der Waals surface area contributed by atoms with Crippen LogP contribution in [-0.2, 0) is 5.88 Å². The Labute approximate surface area is 104 Å². The summed E-state index contributed by atoms with van der Waals surface area (Å²) < 4.78 is 4.83. The van der Waals surface area contributed by atoms with Gasteiger partial charge >= 0.3 is 0 Å². The Balaban J connectivity index is 2.07. The van der Waals surface area contributed by atoms with E-state index < -0.39 is 0 Å². The lowest BCUT2D eigenvalue weighted by Crippen LogP contribution is -2.12. The SMILES string of the molecule is Cc1cc(C(=O)Nc2ccc(CCl)cc2)no1. The Kier molecular flexibility index (Phi) is 3.44. The zero-order valence-electron chi connectivity index (χ0n) is 9.24. The third kappa shape index (κ3) is 2.85. The molecule has 0 fully saturated rings. The molecule has 1 aromatic carbocycles. The normalized spacial score (nSPS) is 10.2. The first-order valence-corrected chi connectivity index (χ1v) is 5.62. The van der Waals surface area contributed by atoms with Gasteiger partial charge in [0.2, 0.25) is 0 Å². The molecule has 0 aliphatic rings. The van der Waals surface area contributed by atoms with Crippen LogP contribution in [0, 0.1) is 6.92 Å². The van der Waals surface area contributed by atoms with Gasteiger partial charge in [-0.25, -0.2) is 0 Å². The zero-order valence-corrected chi connectivity index (χ0v) is 9.99. The minimum absolute atomic E-state index is 0.268. The van der Waals surface area contributed by atoms with E-state index >= 15 is 0 Å². The highest BCUT2D eigenvalue weighted by molar-refractivity contribution is 6.17. The lowest BCUT2D eigenvalue weighted by atomic mass is 10.2. The summed E-state index contributed by atoms with van der Waals surface area (Å²) in [7, 11) is 0. The fourth-order valence-electron chi connectivity index (χ4n) is 1.35. The molecule has 0 atom stereocenters. The van der Waals surface area contributed by atoms with Crippen LogP contribution in [-0.4, -0.2) is 11.1 Å². The van der Waals surface area contributed by atoms with Crippen molar-refractivity contribution in [2.75, 3.05) is 5.32 Å². The molecule has 17 heavy (non-hydrogen) atoms. The molecule has 2 aromatic rings. The Morgan fingerprint density at radius 3 is 2.65 bits per heavy atom. The van der Waals surface area contributed by atoms with Crippen LogP contribution in [0.1, 0.15) is 21.8 Å². The van der Waals surface area contributed by atoms with E-state index in [1.54, 1.807) is 25.1 Å². The summed E-state index contributed by atoms with van der Waals surface area (Å²) in [5, 5.41) is 6.36. The van der Waals surface area contributed by atoms with Crippen molar-refractivity contribution in [3.05, 3.63) is 47.3 Å². The van der Waals surface area contributed by atoms with Crippen LogP contribution in [0.25, 0.3) is 0 Å². The first-order chi connectivity index (χ1) is 8.19. The second-order valence-electron chi connectivity index (χ2n) is 3.61. The minimum Gasteiger partial charge on any atom is -0.361 e. The van der Waals surface area contributed by atoms with Gasteiger partial charge in [-0.15, -0.1) is 11.6 Å². The number of carbonyl (C=O) groups is 1. The van der Waals surface area contributed by atoms with Gasteiger partial charge in [-0.3, -0.25) is 4.79 Å². The standard InChI is InChI=1S/C12H11ClN2O2/c1-8-6-11(15-17-8)12(16)14-10-4-2-9(7-13)3-5-10/h2-6H,7H2,1H3,(H,14,16). The van der Waals surface area contributed by atoms with E-state index in [9.17, 15) is 4.79 Å². The van der Waals surface area contributed by atoms with Crippen molar-refractivity contribution in [3.63, 3.8) is 0 Å². The molecular weight excluding hydrogens is 240 g/mol. The molecule has 0 aliphatic carbocycles. The number of benzene rings is 1. The number of aryl methyl sites for hydroxylation is 1. The fourth-order valence-corrected chi connectivity index (χ4v) is 1.52. The number of alkyl halides is 1. The maximum absolute atomic E-state index is 11.7. The summed E-state index contributed by atoms with van der Waals surface area (Å²) >= 11 is 5.67. The molecule has 88 valence electrons. The van der Waals surface area contributed by atoms with Gasteiger partial charge in [-0.2, -0.15) is 0 Å². The molecule has 1 heterocycles. The lowest BCUT2D eigenvalue weighted by Gasteiger charge is -2.03. The van der Waals surface area contributed by atoms with Crippen LogP contribution < -0.4 is 5.32 Å². The van der Waals surface area contributed by atoms with E-state index in [-0.39, 0.29) is 11.6 Å². The molecule has 1 N–H and O–H groups in total. The summed E-state index contributed by atoms with van der Waals surface area (Å²) in [5.41, 5.74) is 1.97. The van der Waals surface area contributed by atoms with E-state index in [2.05, 4.69) is 10.5 Å². The third-order valence-electron chi connectivity index (χ3n) is 2.23. The van der Waals surface area contributed by atoms with Crippen molar-refractivity contribution in [3.8, 4) is 0 Å². The second kappa shape index (κ2) is 5.01. The van der Waals surface area contributed by atoms with Gasteiger partial charge in [0.1, 0.15) is 5.76 Å². The molecule has 5 heteroatoms. The number of hydrogen-bond donors (Lipinski definition) is 1. The van der Waals surface area contributed by atoms with Crippen LogP contribution >= 0.6 is 11.6 Å². The predicted molar refractivity (Wildman–Crippen MR) is 65.2 cm³/mol. The Morgan fingerprint density at radius 1 is 1.41 bits per heavy atom. The highest BCUT2D eigenvalue weighted by Crippen LogP contribution is 2.12. The molecule has 1 amide bonds. The highest BCUT2D eigenvalue weighted by atomic mass is 35.5. The summed E-state index contributed by atoms with van der Waals surface area (Å²) in [6.07, 6.45) is 0. The van der Waals surface area contributed by atoms with Gasteiger partial charge in [0.25, 0.3) is 5.91 Å². The fraction of sp³-hybridized carbons (Fsp3) is 0.167. The maximum atomic E-state index is 11.7. The number of rotatable bonds is 3. The van der Waals surface area contributed by atoms with E-state index in [1.807, 2.05) is 12.1 Å². The average molecular weight is 251 g/mol. The van der Waals surface area contributed by atoms with Crippen LogP contribution in [0.5, 0.6) is 0 Å². The van der Waals surface area contributed by atoms with Crippen molar-refractivity contribution < 1.29 is 9.32 Å². The summed E-state index contributed by atoms with van der Waals surface area (Å²) in [4.78, 5) is 11.7. The number of anilines is 1. The van der Waals surface area contributed by atoms with Gasteiger partial charge < -0.3 is 9.84 Å². The maximum Gasteiger partial charge on any atom is 0.277 e. The third-order valence-corrected chi connectivity index (χ3v) is 2.54. The highest BCUT2D eigenvalue weighted by Gasteiger charge is 2.10.